The third-order valence-corrected chi connectivity index (χ3v) is 2.01. The van der Waals surface area contributed by atoms with Crippen molar-refractivity contribution in [3.63, 3.8) is 0 Å². The standard InChI is InChI=1S/C8H11N7O/c1-5-11-7(14-12-5)8(16)9-3-6-13-10-4-15(6)2/h4H,3H2,1-2H3,(H,9,16)(H,11,12,14). The number of carbonyl (C=O) groups excluding carboxylic acids is 1. The zero-order chi connectivity index (χ0) is 11.5. The number of amides is 1. The summed E-state index contributed by atoms with van der Waals surface area (Å²) in [6.07, 6.45) is 1.57. The van der Waals surface area contributed by atoms with Gasteiger partial charge in [-0.05, 0) is 6.92 Å². The van der Waals surface area contributed by atoms with Crippen molar-refractivity contribution in [2.24, 2.45) is 7.05 Å². The predicted octanol–water partition coefficient (Wildman–Crippen LogP) is -0.828. The second-order valence-electron chi connectivity index (χ2n) is 3.29. The van der Waals surface area contributed by atoms with Crippen LogP contribution in [0.15, 0.2) is 6.33 Å². The molecule has 0 atom stereocenters. The molecule has 0 aliphatic heterocycles. The molecule has 8 heteroatoms. The first kappa shape index (κ1) is 10.3. The summed E-state index contributed by atoms with van der Waals surface area (Å²) < 4.78 is 1.73. The number of aryl methyl sites for hydroxylation is 2. The lowest BCUT2D eigenvalue weighted by Crippen LogP contribution is -2.25. The monoisotopic (exact) mass is 221 g/mol. The normalized spacial score (nSPS) is 10.4. The molecule has 0 spiro atoms. The highest BCUT2D eigenvalue weighted by Gasteiger charge is 2.11. The molecule has 84 valence electrons. The fraction of sp³-hybridized carbons (Fsp3) is 0.375. The number of rotatable bonds is 3. The zero-order valence-corrected chi connectivity index (χ0v) is 8.93. The highest BCUT2D eigenvalue weighted by molar-refractivity contribution is 5.90. The molecular weight excluding hydrogens is 210 g/mol. The number of aromatic amines is 1. The quantitative estimate of drug-likeness (QED) is 0.704. The average molecular weight is 221 g/mol. The number of nitrogens with one attached hydrogen (secondary N) is 2. The predicted molar refractivity (Wildman–Crippen MR) is 53.3 cm³/mol. The van der Waals surface area contributed by atoms with Crippen molar-refractivity contribution in [3.05, 3.63) is 23.8 Å². The van der Waals surface area contributed by atoms with Crippen molar-refractivity contribution in [2.45, 2.75) is 13.5 Å². The summed E-state index contributed by atoms with van der Waals surface area (Å²) in [6.45, 7) is 2.02. The first-order chi connectivity index (χ1) is 7.66. The van der Waals surface area contributed by atoms with Gasteiger partial charge in [-0.25, -0.2) is 4.98 Å². The SMILES string of the molecule is Cc1nc(C(=O)NCc2nncn2C)n[nH]1. The molecule has 0 aromatic carbocycles. The minimum absolute atomic E-state index is 0.125. The molecule has 2 aromatic heterocycles. The molecule has 16 heavy (non-hydrogen) atoms. The molecule has 0 radical (unpaired) electrons. The van der Waals surface area contributed by atoms with Crippen LogP contribution in [-0.4, -0.2) is 35.9 Å². The van der Waals surface area contributed by atoms with E-state index in [1.807, 2.05) is 0 Å². The molecule has 0 saturated heterocycles. The molecule has 2 heterocycles. The van der Waals surface area contributed by atoms with Gasteiger partial charge in [0, 0.05) is 7.05 Å². The van der Waals surface area contributed by atoms with Gasteiger partial charge in [0.2, 0.25) is 5.82 Å². The highest BCUT2D eigenvalue weighted by Crippen LogP contribution is 1.93. The van der Waals surface area contributed by atoms with Crippen molar-refractivity contribution in [1.29, 1.82) is 0 Å². The lowest BCUT2D eigenvalue weighted by atomic mass is 10.5. The van der Waals surface area contributed by atoms with Crippen LogP contribution in [0.1, 0.15) is 22.3 Å². The first-order valence-corrected chi connectivity index (χ1v) is 4.67. The van der Waals surface area contributed by atoms with Gasteiger partial charge in [-0.3, -0.25) is 9.89 Å². The van der Waals surface area contributed by atoms with E-state index in [0.717, 1.165) is 0 Å². The first-order valence-electron chi connectivity index (χ1n) is 4.67. The lowest BCUT2D eigenvalue weighted by molar-refractivity contribution is 0.0939. The Kier molecular flexibility index (Phi) is 2.63. The van der Waals surface area contributed by atoms with Crippen LogP contribution in [0.3, 0.4) is 0 Å². The largest absolute Gasteiger partial charge is 0.342 e. The maximum atomic E-state index is 11.6. The Morgan fingerprint density at radius 2 is 2.44 bits per heavy atom. The number of H-pyrrole nitrogens is 1. The van der Waals surface area contributed by atoms with Crippen LogP contribution in [-0.2, 0) is 13.6 Å². The Bertz CT molecular complexity index is 500. The number of carbonyl (C=O) groups is 1. The van der Waals surface area contributed by atoms with Crippen LogP contribution in [0.4, 0.5) is 0 Å². The lowest BCUT2D eigenvalue weighted by Gasteiger charge is -2.01. The van der Waals surface area contributed by atoms with Gasteiger partial charge < -0.3 is 9.88 Å². The van der Waals surface area contributed by atoms with Crippen LogP contribution in [0.2, 0.25) is 0 Å². The minimum atomic E-state index is -0.340. The minimum Gasteiger partial charge on any atom is -0.342 e. The smallest absolute Gasteiger partial charge is 0.291 e. The van der Waals surface area contributed by atoms with E-state index < -0.39 is 0 Å². The fourth-order valence-electron chi connectivity index (χ4n) is 1.15. The Labute approximate surface area is 91.1 Å². The molecule has 2 rings (SSSR count). The maximum absolute atomic E-state index is 11.6. The molecule has 0 aliphatic carbocycles. The van der Waals surface area contributed by atoms with Crippen LogP contribution >= 0.6 is 0 Å². The van der Waals surface area contributed by atoms with Crippen LogP contribution in [0, 0.1) is 6.92 Å². The fourth-order valence-corrected chi connectivity index (χ4v) is 1.15. The average Bonchev–Trinajstić information content (AvgIpc) is 2.84. The van der Waals surface area contributed by atoms with Crippen molar-refractivity contribution in [2.75, 3.05) is 0 Å². The van der Waals surface area contributed by atoms with E-state index >= 15 is 0 Å². The topological polar surface area (TPSA) is 101 Å². The van der Waals surface area contributed by atoms with Crippen LogP contribution < -0.4 is 5.32 Å². The van der Waals surface area contributed by atoms with E-state index in [1.54, 1.807) is 24.9 Å². The Morgan fingerprint density at radius 1 is 1.62 bits per heavy atom. The van der Waals surface area contributed by atoms with Gasteiger partial charge >= 0.3 is 0 Å². The van der Waals surface area contributed by atoms with Gasteiger partial charge in [0.15, 0.2) is 5.82 Å². The Hall–Kier alpha value is -2.25. The Balaban J connectivity index is 1.96. The third kappa shape index (κ3) is 2.05. The molecule has 8 nitrogen and oxygen atoms in total. The van der Waals surface area contributed by atoms with Crippen molar-refractivity contribution >= 4 is 5.91 Å². The van der Waals surface area contributed by atoms with E-state index in [1.165, 1.54) is 0 Å². The van der Waals surface area contributed by atoms with Crippen molar-refractivity contribution in [1.82, 2.24) is 35.3 Å². The highest BCUT2D eigenvalue weighted by atomic mass is 16.2. The van der Waals surface area contributed by atoms with Crippen molar-refractivity contribution < 1.29 is 4.79 Å². The molecular formula is C8H11N7O. The van der Waals surface area contributed by atoms with E-state index in [0.29, 0.717) is 18.2 Å². The zero-order valence-electron chi connectivity index (χ0n) is 8.93. The molecule has 0 saturated carbocycles. The van der Waals surface area contributed by atoms with Crippen LogP contribution in [0.5, 0.6) is 0 Å². The number of hydrogen-bond acceptors (Lipinski definition) is 5. The maximum Gasteiger partial charge on any atom is 0.291 e. The summed E-state index contributed by atoms with van der Waals surface area (Å²) in [6, 6.07) is 0. The third-order valence-electron chi connectivity index (χ3n) is 2.01. The number of aromatic nitrogens is 6. The molecule has 2 aromatic rings. The molecule has 1 amide bonds. The van der Waals surface area contributed by atoms with Gasteiger partial charge in [-0.2, -0.15) is 0 Å². The van der Waals surface area contributed by atoms with E-state index in [4.69, 9.17) is 0 Å². The van der Waals surface area contributed by atoms with Gasteiger partial charge in [-0.15, -0.1) is 15.3 Å². The van der Waals surface area contributed by atoms with Gasteiger partial charge in [0.1, 0.15) is 12.2 Å². The summed E-state index contributed by atoms with van der Waals surface area (Å²) in [4.78, 5) is 15.5. The van der Waals surface area contributed by atoms with Gasteiger partial charge in [0.05, 0.1) is 6.54 Å². The molecule has 0 unspecified atom stereocenters. The second-order valence-corrected chi connectivity index (χ2v) is 3.29. The Morgan fingerprint density at radius 3 is 3.00 bits per heavy atom. The van der Waals surface area contributed by atoms with E-state index in [9.17, 15) is 4.79 Å². The van der Waals surface area contributed by atoms with Gasteiger partial charge in [0.25, 0.3) is 5.91 Å². The van der Waals surface area contributed by atoms with Crippen LogP contribution in [0.25, 0.3) is 0 Å². The summed E-state index contributed by atoms with van der Waals surface area (Å²) >= 11 is 0. The summed E-state index contributed by atoms with van der Waals surface area (Å²) in [5.41, 5.74) is 0. The second kappa shape index (κ2) is 4.09. The molecule has 0 aliphatic rings. The summed E-state index contributed by atoms with van der Waals surface area (Å²) in [5, 5.41) is 16.5. The van der Waals surface area contributed by atoms with Gasteiger partial charge in [-0.1, -0.05) is 0 Å². The molecule has 0 fully saturated rings. The van der Waals surface area contributed by atoms with Crippen molar-refractivity contribution in [3.8, 4) is 0 Å². The number of nitrogens with zero attached hydrogens (tertiary/aromatic N) is 5. The number of hydrogen-bond donors (Lipinski definition) is 2. The molecule has 0 bridgehead atoms. The van der Waals surface area contributed by atoms with E-state index in [-0.39, 0.29) is 11.7 Å². The summed E-state index contributed by atoms with van der Waals surface area (Å²) in [7, 11) is 1.80. The molecule has 2 N–H and O–H groups in total. The summed E-state index contributed by atoms with van der Waals surface area (Å²) in [5.74, 6) is 1.05. The van der Waals surface area contributed by atoms with E-state index in [2.05, 4.69) is 30.7 Å².